The fourth-order valence-electron chi connectivity index (χ4n) is 3.93. The van der Waals surface area contributed by atoms with Gasteiger partial charge in [0.15, 0.2) is 6.10 Å². The van der Waals surface area contributed by atoms with E-state index in [1.165, 1.54) is 14.0 Å². The molecule has 7 nitrogen and oxygen atoms in total. The van der Waals surface area contributed by atoms with Gasteiger partial charge in [0.2, 0.25) is 5.91 Å². The minimum absolute atomic E-state index is 0.232. The van der Waals surface area contributed by atoms with Gasteiger partial charge in [0.05, 0.1) is 32.5 Å². The molecule has 176 valence electrons. The highest BCUT2D eigenvalue weighted by Crippen LogP contribution is 2.30. The number of hydrogen-bond acceptors (Lipinski definition) is 6. The molecule has 1 N–H and O–H groups in total. The molecule has 33 heavy (non-hydrogen) atoms. The van der Waals surface area contributed by atoms with Gasteiger partial charge in [-0.2, -0.15) is 0 Å². The number of ether oxygens (including phenoxy) is 4. The molecule has 0 aliphatic carbocycles. The van der Waals surface area contributed by atoms with Gasteiger partial charge in [0, 0.05) is 6.92 Å². The number of rotatable bonds is 10. The zero-order valence-electron chi connectivity index (χ0n) is 19.0. The van der Waals surface area contributed by atoms with E-state index in [-0.39, 0.29) is 19.1 Å². The maximum Gasteiger partial charge on any atom is 0.337 e. The van der Waals surface area contributed by atoms with Crippen molar-refractivity contribution in [3.05, 3.63) is 84.4 Å². The SMILES string of the molecule is C=CC[C@@H]1O[C@H](C(=O)OC)[C@@H](OCc2ccccc2)[C@H](OCc2ccccc2)[C@H]1NC(C)=O. The average Bonchev–Trinajstić information content (AvgIpc) is 2.83. The molecule has 2 aromatic carbocycles. The second kappa shape index (κ2) is 12.3. The molecule has 0 radical (unpaired) electrons. The lowest BCUT2D eigenvalue weighted by Crippen LogP contribution is -2.66. The molecule has 1 saturated heterocycles. The third kappa shape index (κ3) is 6.74. The third-order valence-corrected chi connectivity index (χ3v) is 5.47. The van der Waals surface area contributed by atoms with E-state index in [4.69, 9.17) is 18.9 Å². The summed E-state index contributed by atoms with van der Waals surface area (Å²) in [5.74, 6) is -0.791. The van der Waals surface area contributed by atoms with E-state index in [1.54, 1.807) is 6.08 Å². The molecule has 0 unspecified atom stereocenters. The summed E-state index contributed by atoms with van der Waals surface area (Å²) < 4.78 is 23.7. The Bertz CT molecular complexity index is 904. The summed E-state index contributed by atoms with van der Waals surface area (Å²) in [5.41, 5.74) is 1.90. The smallest absolute Gasteiger partial charge is 0.337 e. The Labute approximate surface area is 194 Å². The molecule has 0 saturated carbocycles. The fourth-order valence-corrected chi connectivity index (χ4v) is 3.93. The van der Waals surface area contributed by atoms with Crippen LogP contribution in [0, 0.1) is 0 Å². The molecular formula is C26H31NO6. The molecule has 0 spiro atoms. The lowest BCUT2D eigenvalue weighted by molar-refractivity contribution is -0.227. The number of hydrogen-bond donors (Lipinski definition) is 1. The second-order valence-corrected chi connectivity index (χ2v) is 7.89. The Hall–Kier alpha value is -3.00. The molecule has 7 heteroatoms. The summed E-state index contributed by atoms with van der Waals surface area (Å²) in [6.07, 6.45) is -0.926. The van der Waals surface area contributed by atoms with Crippen molar-refractivity contribution in [1.29, 1.82) is 0 Å². The Balaban J connectivity index is 1.93. The minimum atomic E-state index is -1.02. The average molecular weight is 454 g/mol. The Kier molecular flexibility index (Phi) is 9.18. The van der Waals surface area contributed by atoms with Crippen molar-refractivity contribution in [3.8, 4) is 0 Å². The van der Waals surface area contributed by atoms with Gasteiger partial charge in [-0.05, 0) is 17.5 Å². The topological polar surface area (TPSA) is 83.1 Å². The van der Waals surface area contributed by atoms with Gasteiger partial charge in [-0.3, -0.25) is 4.79 Å². The highest BCUT2D eigenvalue weighted by atomic mass is 16.6. The van der Waals surface area contributed by atoms with E-state index < -0.39 is 36.4 Å². The van der Waals surface area contributed by atoms with Crippen LogP contribution >= 0.6 is 0 Å². The Morgan fingerprint density at radius 2 is 1.52 bits per heavy atom. The number of amides is 1. The van der Waals surface area contributed by atoms with Crippen LogP contribution in [0.5, 0.6) is 0 Å². The lowest BCUT2D eigenvalue weighted by atomic mass is 9.90. The van der Waals surface area contributed by atoms with Gasteiger partial charge in [-0.1, -0.05) is 66.7 Å². The van der Waals surface area contributed by atoms with Crippen LogP contribution in [-0.4, -0.2) is 49.4 Å². The van der Waals surface area contributed by atoms with Gasteiger partial charge >= 0.3 is 5.97 Å². The lowest BCUT2D eigenvalue weighted by Gasteiger charge is -2.45. The summed E-state index contributed by atoms with van der Waals surface area (Å²) in [5, 5.41) is 2.94. The van der Waals surface area contributed by atoms with Crippen molar-refractivity contribution in [2.45, 2.75) is 57.0 Å². The van der Waals surface area contributed by atoms with Crippen LogP contribution in [0.3, 0.4) is 0 Å². The van der Waals surface area contributed by atoms with E-state index >= 15 is 0 Å². The van der Waals surface area contributed by atoms with Crippen LogP contribution in [0.15, 0.2) is 73.3 Å². The van der Waals surface area contributed by atoms with Gasteiger partial charge < -0.3 is 24.3 Å². The first kappa shape index (κ1) is 24.6. The largest absolute Gasteiger partial charge is 0.467 e. The molecule has 3 rings (SSSR count). The first-order chi connectivity index (χ1) is 16.0. The standard InChI is InChI=1S/C26H31NO6/c1-4-11-21-22(27-18(2)28)23(31-16-19-12-7-5-8-13-19)24(25(33-21)26(29)30-3)32-17-20-14-9-6-10-15-20/h4-10,12-15,21-25H,1,11,16-17H2,2-3H3,(H,27,28)/t21-,22-,23+,24-,25-/m0/s1. The number of methoxy groups -OCH3 is 1. The van der Waals surface area contributed by atoms with Crippen molar-refractivity contribution >= 4 is 11.9 Å². The van der Waals surface area contributed by atoms with Crippen LogP contribution in [0.2, 0.25) is 0 Å². The van der Waals surface area contributed by atoms with Crippen LogP contribution in [0.25, 0.3) is 0 Å². The van der Waals surface area contributed by atoms with Gasteiger partial charge in [0.1, 0.15) is 12.2 Å². The summed E-state index contributed by atoms with van der Waals surface area (Å²) >= 11 is 0. The predicted molar refractivity (Wildman–Crippen MR) is 123 cm³/mol. The van der Waals surface area contributed by atoms with Crippen molar-refractivity contribution in [3.63, 3.8) is 0 Å². The molecular weight excluding hydrogens is 422 g/mol. The zero-order valence-corrected chi connectivity index (χ0v) is 19.0. The molecule has 1 heterocycles. The van der Waals surface area contributed by atoms with Crippen molar-refractivity contribution in [1.82, 2.24) is 5.32 Å². The fraction of sp³-hybridized carbons (Fsp3) is 0.385. The highest BCUT2D eigenvalue weighted by Gasteiger charge is 2.50. The molecule has 5 atom stereocenters. The maximum atomic E-state index is 12.7. The molecule has 1 aliphatic rings. The number of carbonyl (C=O) groups is 2. The second-order valence-electron chi connectivity index (χ2n) is 7.89. The molecule has 0 aromatic heterocycles. The first-order valence-corrected chi connectivity index (χ1v) is 11.0. The Morgan fingerprint density at radius 3 is 2.00 bits per heavy atom. The monoisotopic (exact) mass is 453 g/mol. The number of nitrogens with one attached hydrogen (secondary N) is 1. The minimum Gasteiger partial charge on any atom is -0.467 e. The zero-order chi connectivity index (χ0) is 23.6. The van der Waals surface area contributed by atoms with Crippen LogP contribution < -0.4 is 5.32 Å². The third-order valence-electron chi connectivity index (χ3n) is 5.47. The van der Waals surface area contributed by atoms with Crippen molar-refractivity contribution in [2.24, 2.45) is 0 Å². The van der Waals surface area contributed by atoms with Gasteiger partial charge in [-0.15, -0.1) is 6.58 Å². The van der Waals surface area contributed by atoms with Crippen molar-refractivity contribution < 1.29 is 28.5 Å². The molecule has 1 amide bonds. The first-order valence-electron chi connectivity index (χ1n) is 11.0. The van der Waals surface area contributed by atoms with E-state index in [2.05, 4.69) is 11.9 Å². The highest BCUT2D eigenvalue weighted by molar-refractivity contribution is 5.76. The quantitative estimate of drug-likeness (QED) is 0.440. The molecule has 1 fully saturated rings. The van der Waals surface area contributed by atoms with Crippen molar-refractivity contribution in [2.75, 3.05) is 7.11 Å². The van der Waals surface area contributed by atoms with Gasteiger partial charge in [0.25, 0.3) is 0 Å². The normalized spacial score (nSPS) is 24.6. The molecule has 0 bridgehead atoms. The summed E-state index contributed by atoms with van der Waals surface area (Å²) in [7, 11) is 1.31. The Morgan fingerprint density at radius 1 is 0.970 bits per heavy atom. The van der Waals surface area contributed by atoms with Crippen LogP contribution in [0.4, 0.5) is 0 Å². The van der Waals surface area contributed by atoms with E-state index in [9.17, 15) is 9.59 Å². The summed E-state index contributed by atoms with van der Waals surface area (Å²) in [6.45, 7) is 5.75. The van der Waals surface area contributed by atoms with Crippen LogP contribution in [-0.2, 0) is 41.8 Å². The number of benzene rings is 2. The summed E-state index contributed by atoms with van der Waals surface area (Å²) in [4.78, 5) is 24.7. The molecule has 2 aromatic rings. The van der Waals surface area contributed by atoms with Crippen LogP contribution in [0.1, 0.15) is 24.5 Å². The predicted octanol–water partition coefficient (Wildman–Crippen LogP) is 3.18. The number of carbonyl (C=O) groups excluding carboxylic acids is 2. The molecule has 1 aliphatic heterocycles. The van der Waals surface area contributed by atoms with E-state index in [0.717, 1.165) is 11.1 Å². The van der Waals surface area contributed by atoms with Gasteiger partial charge in [-0.25, -0.2) is 4.79 Å². The maximum absolute atomic E-state index is 12.7. The van der Waals surface area contributed by atoms with E-state index in [1.807, 2.05) is 60.7 Å². The van der Waals surface area contributed by atoms with E-state index in [0.29, 0.717) is 6.42 Å². The summed E-state index contributed by atoms with van der Waals surface area (Å²) in [6, 6.07) is 18.7. The number of esters is 1.